The summed E-state index contributed by atoms with van der Waals surface area (Å²) in [5, 5.41) is 0. The lowest BCUT2D eigenvalue weighted by Crippen LogP contribution is -2.35. The Balaban J connectivity index is 1.79. The van der Waals surface area contributed by atoms with Crippen molar-refractivity contribution in [2.75, 3.05) is 6.54 Å². The van der Waals surface area contributed by atoms with Crippen molar-refractivity contribution in [3.8, 4) is 0 Å². The second-order valence-electron chi connectivity index (χ2n) is 4.93. The first-order valence-corrected chi connectivity index (χ1v) is 6.08. The van der Waals surface area contributed by atoms with E-state index in [9.17, 15) is 8.78 Å². The Kier molecular flexibility index (Phi) is 1.88. The molecule has 0 fully saturated rings. The Morgan fingerprint density at radius 3 is 3.06 bits per heavy atom. The van der Waals surface area contributed by atoms with Crippen molar-refractivity contribution in [1.29, 1.82) is 0 Å². The number of allylic oxidation sites excluding steroid dienone is 4. The smallest absolute Gasteiger partial charge is 0.134 e. The summed E-state index contributed by atoms with van der Waals surface area (Å²) in [6.07, 6.45) is 10.2. The summed E-state index contributed by atoms with van der Waals surface area (Å²) in [6.45, 7) is 0.592. The van der Waals surface area contributed by atoms with Gasteiger partial charge in [0.15, 0.2) is 0 Å². The van der Waals surface area contributed by atoms with Crippen molar-refractivity contribution >= 4 is 0 Å². The van der Waals surface area contributed by atoms with Crippen molar-refractivity contribution in [3.05, 3.63) is 59.4 Å². The van der Waals surface area contributed by atoms with Crippen LogP contribution in [0.1, 0.15) is 6.42 Å². The number of hydrogen-bond donors (Lipinski definition) is 0. The SMILES string of the molecule is FC1=CC2=C(C3=CN4C=CC=CC4N3C2)C(F)C1. The van der Waals surface area contributed by atoms with Crippen molar-refractivity contribution < 1.29 is 8.78 Å². The molecule has 0 amide bonds. The fourth-order valence-corrected chi connectivity index (χ4v) is 3.08. The lowest BCUT2D eigenvalue weighted by Gasteiger charge is -2.29. The average molecular weight is 246 g/mol. The highest BCUT2D eigenvalue weighted by Crippen LogP contribution is 2.43. The minimum Gasteiger partial charge on any atom is -0.342 e. The first-order valence-electron chi connectivity index (χ1n) is 6.08. The molecule has 4 rings (SSSR count). The van der Waals surface area contributed by atoms with E-state index >= 15 is 0 Å². The monoisotopic (exact) mass is 246 g/mol. The number of hydrogen-bond acceptors (Lipinski definition) is 2. The summed E-state index contributed by atoms with van der Waals surface area (Å²) in [5.41, 5.74) is 2.37. The minimum absolute atomic E-state index is 0.110. The first-order chi connectivity index (χ1) is 8.74. The molecule has 0 aromatic rings. The lowest BCUT2D eigenvalue weighted by molar-refractivity contribution is 0.250. The first kappa shape index (κ1) is 10.1. The van der Waals surface area contributed by atoms with Gasteiger partial charge in [-0.05, 0) is 23.8 Å². The zero-order valence-corrected chi connectivity index (χ0v) is 9.68. The van der Waals surface area contributed by atoms with Crippen LogP contribution in [-0.4, -0.2) is 28.7 Å². The number of nitrogens with zero attached hydrogens (tertiary/aromatic N) is 2. The predicted molar refractivity (Wildman–Crippen MR) is 64.4 cm³/mol. The third-order valence-electron chi connectivity index (χ3n) is 3.84. The molecular weight excluding hydrogens is 234 g/mol. The van der Waals surface area contributed by atoms with Gasteiger partial charge in [0.2, 0.25) is 0 Å². The maximum atomic E-state index is 14.0. The average Bonchev–Trinajstić information content (AvgIpc) is 2.83. The quantitative estimate of drug-likeness (QED) is 0.648. The second-order valence-corrected chi connectivity index (χ2v) is 4.93. The molecule has 0 bridgehead atoms. The molecule has 0 spiro atoms. The molecular formula is C14H12F2N2. The normalized spacial score (nSPS) is 32.3. The highest BCUT2D eigenvalue weighted by atomic mass is 19.1. The van der Waals surface area contributed by atoms with E-state index in [1.54, 1.807) is 0 Å². The Labute approximate surface area is 104 Å². The van der Waals surface area contributed by atoms with Gasteiger partial charge in [0.1, 0.15) is 18.2 Å². The van der Waals surface area contributed by atoms with Crippen LogP contribution in [0.3, 0.4) is 0 Å². The zero-order chi connectivity index (χ0) is 12.3. The number of fused-ring (bicyclic) bond motifs is 4. The molecule has 2 nitrogen and oxygen atoms in total. The van der Waals surface area contributed by atoms with Crippen molar-refractivity contribution in [3.63, 3.8) is 0 Å². The molecule has 0 aromatic heterocycles. The third kappa shape index (κ3) is 1.20. The van der Waals surface area contributed by atoms with Gasteiger partial charge in [-0.15, -0.1) is 0 Å². The van der Waals surface area contributed by atoms with Crippen LogP contribution in [0.4, 0.5) is 8.78 Å². The number of rotatable bonds is 0. The van der Waals surface area contributed by atoms with Crippen molar-refractivity contribution in [2.24, 2.45) is 0 Å². The summed E-state index contributed by atoms with van der Waals surface area (Å²) in [5.74, 6) is -0.348. The van der Waals surface area contributed by atoms with Crippen LogP contribution in [0.2, 0.25) is 0 Å². The maximum Gasteiger partial charge on any atom is 0.134 e. The number of alkyl halides is 1. The molecule has 4 aliphatic rings. The fraction of sp³-hybridized carbons (Fsp3) is 0.286. The molecule has 4 heteroatoms. The van der Waals surface area contributed by atoms with Gasteiger partial charge < -0.3 is 9.80 Å². The van der Waals surface area contributed by atoms with E-state index in [2.05, 4.69) is 15.9 Å². The molecule has 92 valence electrons. The van der Waals surface area contributed by atoms with E-state index in [1.165, 1.54) is 6.08 Å². The highest BCUT2D eigenvalue weighted by Gasteiger charge is 2.41. The number of halogens is 2. The zero-order valence-electron chi connectivity index (χ0n) is 9.68. The summed E-state index contributed by atoms with van der Waals surface area (Å²) in [4.78, 5) is 4.17. The maximum absolute atomic E-state index is 14.0. The van der Waals surface area contributed by atoms with Crippen molar-refractivity contribution in [2.45, 2.75) is 18.8 Å². The summed E-state index contributed by atoms with van der Waals surface area (Å²) >= 11 is 0. The molecule has 0 N–H and O–H groups in total. The van der Waals surface area contributed by atoms with E-state index in [1.807, 2.05) is 24.6 Å². The summed E-state index contributed by atoms with van der Waals surface area (Å²) in [6, 6.07) is 0. The van der Waals surface area contributed by atoms with Gasteiger partial charge in [-0.25, -0.2) is 8.78 Å². The molecule has 0 saturated carbocycles. The largest absolute Gasteiger partial charge is 0.342 e. The van der Waals surface area contributed by atoms with Crippen LogP contribution < -0.4 is 0 Å². The Hall–Kier alpha value is -1.84. The van der Waals surface area contributed by atoms with Gasteiger partial charge in [-0.2, -0.15) is 0 Å². The van der Waals surface area contributed by atoms with Gasteiger partial charge in [-0.3, -0.25) is 0 Å². The molecule has 0 aromatic carbocycles. The van der Waals surface area contributed by atoms with E-state index in [4.69, 9.17) is 0 Å². The lowest BCUT2D eigenvalue weighted by atomic mass is 9.96. The Morgan fingerprint density at radius 2 is 2.17 bits per heavy atom. The van der Waals surface area contributed by atoms with Gasteiger partial charge >= 0.3 is 0 Å². The van der Waals surface area contributed by atoms with Crippen molar-refractivity contribution in [1.82, 2.24) is 9.80 Å². The summed E-state index contributed by atoms with van der Waals surface area (Å²) in [7, 11) is 0. The second kappa shape index (κ2) is 3.34. The topological polar surface area (TPSA) is 6.48 Å². The van der Waals surface area contributed by atoms with Crippen LogP contribution in [0.15, 0.2) is 59.4 Å². The van der Waals surface area contributed by atoms with Crippen LogP contribution >= 0.6 is 0 Å². The van der Waals surface area contributed by atoms with Crippen LogP contribution in [-0.2, 0) is 0 Å². The van der Waals surface area contributed by atoms with Crippen LogP contribution in [0.25, 0.3) is 0 Å². The molecule has 3 heterocycles. The van der Waals surface area contributed by atoms with Gasteiger partial charge in [0, 0.05) is 30.9 Å². The minimum atomic E-state index is -1.21. The Bertz CT molecular complexity index is 568. The highest BCUT2D eigenvalue weighted by molar-refractivity contribution is 5.53. The standard InChI is InChI=1S/C14H12F2N2/c15-10-5-9-7-18-12(14(9)11(16)6-10)8-17-4-2-1-3-13(17)18/h1-5,8,11,13H,6-7H2. The molecule has 0 radical (unpaired) electrons. The molecule has 2 unspecified atom stereocenters. The molecule has 1 aliphatic carbocycles. The third-order valence-corrected chi connectivity index (χ3v) is 3.84. The van der Waals surface area contributed by atoms with Crippen LogP contribution in [0.5, 0.6) is 0 Å². The van der Waals surface area contributed by atoms with Gasteiger partial charge in [-0.1, -0.05) is 6.08 Å². The predicted octanol–water partition coefficient (Wildman–Crippen LogP) is 2.76. The van der Waals surface area contributed by atoms with Gasteiger partial charge in [0.25, 0.3) is 0 Å². The van der Waals surface area contributed by atoms with E-state index in [-0.39, 0.29) is 18.4 Å². The summed E-state index contributed by atoms with van der Waals surface area (Å²) < 4.78 is 27.3. The van der Waals surface area contributed by atoms with E-state index < -0.39 is 6.17 Å². The molecule has 18 heavy (non-hydrogen) atoms. The van der Waals surface area contributed by atoms with Gasteiger partial charge in [0.05, 0.1) is 5.70 Å². The fourth-order valence-electron chi connectivity index (χ4n) is 3.08. The van der Waals surface area contributed by atoms with E-state index in [0.29, 0.717) is 12.1 Å². The molecule has 2 atom stereocenters. The van der Waals surface area contributed by atoms with E-state index in [0.717, 1.165) is 11.3 Å². The molecule has 0 saturated heterocycles. The Morgan fingerprint density at radius 1 is 1.28 bits per heavy atom. The molecule has 3 aliphatic heterocycles. The van der Waals surface area contributed by atoms with Crippen LogP contribution in [0, 0.1) is 0 Å².